The van der Waals surface area contributed by atoms with Crippen LogP contribution in [0.25, 0.3) is 0 Å². The van der Waals surface area contributed by atoms with Gasteiger partial charge in [0.05, 0.1) is 0 Å². The van der Waals surface area contributed by atoms with E-state index in [0.717, 1.165) is 18.5 Å². The predicted molar refractivity (Wildman–Crippen MR) is 66.1 cm³/mol. The number of aryl methyl sites for hydroxylation is 1. The summed E-state index contributed by atoms with van der Waals surface area (Å²) in [6.45, 7) is 4.29. The third kappa shape index (κ3) is 2.25. The molecule has 0 spiro atoms. The number of hydrogen-bond acceptors (Lipinski definition) is 3. The summed E-state index contributed by atoms with van der Waals surface area (Å²) in [7, 11) is 2.19. The minimum atomic E-state index is 0.324. The van der Waals surface area contributed by atoms with Crippen molar-refractivity contribution in [3.8, 4) is 0 Å². The maximum atomic E-state index is 6.11. The van der Waals surface area contributed by atoms with Crippen molar-refractivity contribution in [3.05, 3.63) is 29.6 Å². The SMILES string of the molecule is Cc1cc(C2CC(N)CC(C)N2C)ccn1. The molecule has 3 heteroatoms. The molecule has 2 N–H and O–H groups in total. The van der Waals surface area contributed by atoms with Crippen LogP contribution in [0.5, 0.6) is 0 Å². The van der Waals surface area contributed by atoms with Gasteiger partial charge in [0, 0.05) is 30.0 Å². The number of hydrogen-bond donors (Lipinski definition) is 1. The average Bonchev–Trinajstić information content (AvgIpc) is 2.23. The fourth-order valence-electron chi connectivity index (χ4n) is 2.61. The predicted octanol–water partition coefficient (Wildman–Crippen LogP) is 1.87. The molecule has 0 bridgehead atoms. The summed E-state index contributed by atoms with van der Waals surface area (Å²) in [4.78, 5) is 6.68. The molecule has 0 aliphatic carbocycles. The molecule has 1 aromatic heterocycles. The van der Waals surface area contributed by atoms with Gasteiger partial charge in [0.15, 0.2) is 0 Å². The average molecular weight is 219 g/mol. The molecule has 1 aromatic rings. The topological polar surface area (TPSA) is 42.1 Å². The van der Waals surface area contributed by atoms with E-state index >= 15 is 0 Å². The van der Waals surface area contributed by atoms with Crippen molar-refractivity contribution in [2.75, 3.05) is 7.05 Å². The molecule has 0 saturated carbocycles. The van der Waals surface area contributed by atoms with Crippen LogP contribution in [0.3, 0.4) is 0 Å². The minimum absolute atomic E-state index is 0.324. The first-order valence-electron chi connectivity index (χ1n) is 5.98. The highest BCUT2D eigenvalue weighted by molar-refractivity contribution is 5.20. The Labute approximate surface area is 97.7 Å². The van der Waals surface area contributed by atoms with Gasteiger partial charge in [0.2, 0.25) is 0 Å². The monoisotopic (exact) mass is 219 g/mol. The zero-order chi connectivity index (χ0) is 11.7. The van der Waals surface area contributed by atoms with Gasteiger partial charge in [-0.15, -0.1) is 0 Å². The third-order valence-corrected chi connectivity index (χ3v) is 3.66. The highest BCUT2D eigenvalue weighted by atomic mass is 15.2. The second-order valence-corrected chi connectivity index (χ2v) is 4.99. The third-order valence-electron chi connectivity index (χ3n) is 3.66. The lowest BCUT2D eigenvalue weighted by Crippen LogP contribution is -2.45. The van der Waals surface area contributed by atoms with Gasteiger partial charge in [-0.1, -0.05) is 0 Å². The van der Waals surface area contributed by atoms with Crippen LogP contribution in [-0.2, 0) is 0 Å². The zero-order valence-corrected chi connectivity index (χ0v) is 10.4. The fourth-order valence-corrected chi connectivity index (χ4v) is 2.61. The van der Waals surface area contributed by atoms with Crippen molar-refractivity contribution in [2.45, 2.75) is 44.8 Å². The molecule has 2 heterocycles. The second kappa shape index (κ2) is 4.52. The number of rotatable bonds is 1. The first kappa shape index (κ1) is 11.6. The van der Waals surface area contributed by atoms with Crippen molar-refractivity contribution in [3.63, 3.8) is 0 Å². The lowest BCUT2D eigenvalue weighted by Gasteiger charge is -2.41. The van der Waals surface area contributed by atoms with Gasteiger partial charge in [0.1, 0.15) is 0 Å². The zero-order valence-electron chi connectivity index (χ0n) is 10.4. The quantitative estimate of drug-likeness (QED) is 0.784. The summed E-state index contributed by atoms with van der Waals surface area (Å²) in [5.41, 5.74) is 8.54. The molecule has 1 aliphatic rings. The van der Waals surface area contributed by atoms with E-state index in [0.29, 0.717) is 18.1 Å². The van der Waals surface area contributed by atoms with Gasteiger partial charge in [0.25, 0.3) is 0 Å². The molecular weight excluding hydrogens is 198 g/mol. The fraction of sp³-hybridized carbons (Fsp3) is 0.615. The van der Waals surface area contributed by atoms with E-state index in [-0.39, 0.29) is 0 Å². The second-order valence-electron chi connectivity index (χ2n) is 4.99. The van der Waals surface area contributed by atoms with E-state index < -0.39 is 0 Å². The van der Waals surface area contributed by atoms with Crippen LogP contribution < -0.4 is 5.73 Å². The van der Waals surface area contributed by atoms with Crippen LogP contribution in [0.15, 0.2) is 18.3 Å². The normalized spacial score (nSPS) is 31.6. The van der Waals surface area contributed by atoms with Crippen molar-refractivity contribution < 1.29 is 0 Å². The molecule has 1 saturated heterocycles. The number of piperidine rings is 1. The maximum absolute atomic E-state index is 6.11. The Morgan fingerprint density at radius 3 is 2.88 bits per heavy atom. The molecular formula is C13H21N3. The summed E-state index contributed by atoms with van der Waals surface area (Å²) < 4.78 is 0. The molecule has 3 unspecified atom stereocenters. The standard InChI is InChI=1S/C13H21N3/c1-9-6-11(4-5-15-9)13-8-12(14)7-10(2)16(13)3/h4-6,10,12-13H,7-8,14H2,1-3H3. The number of nitrogens with zero attached hydrogens (tertiary/aromatic N) is 2. The highest BCUT2D eigenvalue weighted by Crippen LogP contribution is 2.32. The van der Waals surface area contributed by atoms with E-state index in [9.17, 15) is 0 Å². The lowest BCUT2D eigenvalue weighted by molar-refractivity contribution is 0.113. The van der Waals surface area contributed by atoms with Crippen LogP contribution in [0.2, 0.25) is 0 Å². The van der Waals surface area contributed by atoms with Gasteiger partial charge in [-0.25, -0.2) is 0 Å². The summed E-state index contributed by atoms with van der Waals surface area (Å²) >= 11 is 0. The lowest BCUT2D eigenvalue weighted by atomic mass is 9.89. The molecule has 0 amide bonds. The van der Waals surface area contributed by atoms with Gasteiger partial charge in [-0.3, -0.25) is 9.88 Å². The Balaban J connectivity index is 2.25. The van der Waals surface area contributed by atoms with E-state index in [2.05, 4.69) is 36.0 Å². The number of aromatic nitrogens is 1. The number of likely N-dealkylation sites (tertiary alicyclic amines) is 1. The number of pyridine rings is 1. The Morgan fingerprint density at radius 2 is 2.19 bits per heavy atom. The Bertz CT molecular complexity index is 364. The molecule has 16 heavy (non-hydrogen) atoms. The first-order valence-corrected chi connectivity index (χ1v) is 5.98. The van der Waals surface area contributed by atoms with Crippen molar-refractivity contribution in [2.24, 2.45) is 5.73 Å². The molecule has 1 fully saturated rings. The Hall–Kier alpha value is -0.930. The molecule has 0 radical (unpaired) electrons. The number of nitrogens with two attached hydrogens (primary N) is 1. The Morgan fingerprint density at radius 1 is 1.44 bits per heavy atom. The first-order chi connectivity index (χ1) is 7.58. The van der Waals surface area contributed by atoms with Crippen LogP contribution >= 0.6 is 0 Å². The van der Waals surface area contributed by atoms with Gasteiger partial charge in [-0.05, 0) is 51.4 Å². The van der Waals surface area contributed by atoms with E-state index in [1.54, 1.807) is 0 Å². The molecule has 1 aliphatic heterocycles. The molecule has 3 atom stereocenters. The highest BCUT2D eigenvalue weighted by Gasteiger charge is 2.29. The van der Waals surface area contributed by atoms with E-state index in [1.807, 2.05) is 13.1 Å². The molecule has 2 rings (SSSR count). The van der Waals surface area contributed by atoms with Crippen LogP contribution in [0, 0.1) is 6.92 Å². The van der Waals surface area contributed by atoms with Crippen LogP contribution in [0.1, 0.15) is 37.1 Å². The van der Waals surface area contributed by atoms with Gasteiger partial charge in [-0.2, -0.15) is 0 Å². The molecule has 0 aromatic carbocycles. The van der Waals surface area contributed by atoms with Crippen LogP contribution in [-0.4, -0.2) is 29.0 Å². The van der Waals surface area contributed by atoms with Crippen LogP contribution in [0.4, 0.5) is 0 Å². The van der Waals surface area contributed by atoms with Gasteiger partial charge < -0.3 is 5.73 Å². The minimum Gasteiger partial charge on any atom is -0.328 e. The summed E-state index contributed by atoms with van der Waals surface area (Å²) in [5, 5.41) is 0. The summed E-state index contributed by atoms with van der Waals surface area (Å²) in [6.07, 6.45) is 4.03. The maximum Gasteiger partial charge on any atom is 0.0375 e. The van der Waals surface area contributed by atoms with E-state index in [1.165, 1.54) is 5.56 Å². The van der Waals surface area contributed by atoms with Gasteiger partial charge >= 0.3 is 0 Å². The summed E-state index contributed by atoms with van der Waals surface area (Å²) in [6, 6.07) is 5.61. The summed E-state index contributed by atoms with van der Waals surface area (Å²) in [5.74, 6) is 0. The van der Waals surface area contributed by atoms with Crippen molar-refractivity contribution >= 4 is 0 Å². The van der Waals surface area contributed by atoms with Crippen molar-refractivity contribution in [1.29, 1.82) is 0 Å². The Kier molecular flexibility index (Phi) is 3.26. The van der Waals surface area contributed by atoms with Crippen molar-refractivity contribution in [1.82, 2.24) is 9.88 Å². The van der Waals surface area contributed by atoms with E-state index in [4.69, 9.17) is 5.73 Å². The molecule has 88 valence electrons. The largest absolute Gasteiger partial charge is 0.328 e. The molecule has 3 nitrogen and oxygen atoms in total. The smallest absolute Gasteiger partial charge is 0.0375 e.